The number of carbonyl (C=O) groups is 1. The summed E-state index contributed by atoms with van der Waals surface area (Å²) in [6.45, 7) is 1.75. The predicted octanol–water partition coefficient (Wildman–Crippen LogP) is 4.48. The number of aromatic nitrogens is 2. The average Bonchev–Trinajstić information content (AvgIpc) is 3.18. The Balaban J connectivity index is 1.88. The van der Waals surface area contributed by atoms with Crippen LogP contribution in [0.25, 0.3) is 0 Å². The summed E-state index contributed by atoms with van der Waals surface area (Å²) in [4.78, 5) is 20.3. The molecule has 2 aromatic rings. The summed E-state index contributed by atoms with van der Waals surface area (Å²) in [5.74, 6) is 0.972. The molecule has 0 spiro atoms. The maximum absolute atomic E-state index is 11.5. The minimum absolute atomic E-state index is 0.235. The van der Waals surface area contributed by atoms with Crippen LogP contribution in [0.3, 0.4) is 0 Å². The molecule has 3 rings (SSSR count). The summed E-state index contributed by atoms with van der Waals surface area (Å²) in [5, 5.41) is 12.0. The van der Waals surface area contributed by atoms with E-state index in [0.717, 1.165) is 28.0 Å². The number of nitrogens with zero attached hydrogens (tertiary/aromatic N) is 2. The van der Waals surface area contributed by atoms with Crippen molar-refractivity contribution in [1.82, 2.24) is 9.97 Å². The third-order valence-corrected chi connectivity index (χ3v) is 5.83. The van der Waals surface area contributed by atoms with Crippen LogP contribution >= 0.6 is 39.0 Å². The highest BCUT2D eigenvalue weighted by atomic mass is 79.9. The molecule has 1 N–H and O–H groups in total. The second-order valence-corrected chi connectivity index (χ2v) is 8.23. The Bertz CT molecular complexity index is 698. The van der Waals surface area contributed by atoms with Gasteiger partial charge >= 0.3 is 5.97 Å². The highest BCUT2D eigenvalue weighted by molar-refractivity contribution is 9.11. The first-order valence-corrected chi connectivity index (χ1v) is 9.18. The van der Waals surface area contributed by atoms with Gasteiger partial charge in [0.25, 0.3) is 0 Å². The van der Waals surface area contributed by atoms with Gasteiger partial charge in [-0.2, -0.15) is 0 Å². The van der Waals surface area contributed by atoms with Crippen LogP contribution in [-0.2, 0) is 5.75 Å². The first kappa shape index (κ1) is 15.0. The molecule has 2 aromatic heterocycles. The molecule has 1 fully saturated rings. The number of carboxylic acid groups (broad SMARTS) is 1. The van der Waals surface area contributed by atoms with Gasteiger partial charge in [-0.15, -0.1) is 23.1 Å². The summed E-state index contributed by atoms with van der Waals surface area (Å²) in [5.41, 5.74) is 1.96. The van der Waals surface area contributed by atoms with Crippen molar-refractivity contribution in [2.45, 2.75) is 36.5 Å². The molecule has 2 heterocycles. The lowest BCUT2D eigenvalue weighted by molar-refractivity contribution is 0.0690. The molecule has 0 atom stereocenters. The Kier molecular flexibility index (Phi) is 4.33. The van der Waals surface area contributed by atoms with Crippen molar-refractivity contribution in [2.75, 3.05) is 0 Å². The van der Waals surface area contributed by atoms with Crippen LogP contribution in [0.2, 0.25) is 0 Å². The average molecular weight is 385 g/mol. The molecule has 0 amide bonds. The number of halogens is 1. The van der Waals surface area contributed by atoms with E-state index in [1.54, 1.807) is 18.3 Å². The molecule has 7 heteroatoms. The Hall–Kier alpha value is -0.920. The number of hydrogen-bond acceptors (Lipinski definition) is 5. The molecule has 1 saturated carbocycles. The summed E-state index contributed by atoms with van der Waals surface area (Å²) < 4.78 is 1.08. The summed E-state index contributed by atoms with van der Waals surface area (Å²) >= 11 is 6.53. The normalized spacial score (nSPS) is 14.4. The summed E-state index contributed by atoms with van der Waals surface area (Å²) in [6.07, 6.45) is 2.21. The molecule has 0 bridgehead atoms. The Morgan fingerprint density at radius 2 is 2.29 bits per heavy atom. The van der Waals surface area contributed by atoms with Crippen LogP contribution in [0.4, 0.5) is 0 Å². The van der Waals surface area contributed by atoms with E-state index in [9.17, 15) is 9.90 Å². The molecular weight excluding hydrogens is 372 g/mol. The number of thiophene rings is 1. The van der Waals surface area contributed by atoms with Gasteiger partial charge in [0.1, 0.15) is 16.4 Å². The van der Waals surface area contributed by atoms with E-state index >= 15 is 0 Å². The van der Waals surface area contributed by atoms with Gasteiger partial charge in [-0.3, -0.25) is 0 Å². The molecule has 0 aromatic carbocycles. The topological polar surface area (TPSA) is 63.1 Å². The molecule has 0 radical (unpaired) electrons. The van der Waals surface area contributed by atoms with Gasteiger partial charge in [0, 0.05) is 11.7 Å². The summed E-state index contributed by atoms with van der Waals surface area (Å²) in [6, 6.07) is 2.05. The Morgan fingerprint density at radius 1 is 1.52 bits per heavy atom. The molecule has 0 unspecified atom stereocenters. The molecule has 0 saturated heterocycles. The minimum Gasteiger partial charge on any atom is -0.478 e. The van der Waals surface area contributed by atoms with Crippen LogP contribution in [-0.4, -0.2) is 21.0 Å². The Labute approximate surface area is 139 Å². The molecule has 4 nitrogen and oxygen atoms in total. The van der Waals surface area contributed by atoms with E-state index < -0.39 is 5.97 Å². The summed E-state index contributed by atoms with van der Waals surface area (Å²) in [7, 11) is 0. The number of hydrogen-bond donors (Lipinski definition) is 1. The number of aryl methyl sites for hydroxylation is 1. The first-order chi connectivity index (χ1) is 10.0. The van der Waals surface area contributed by atoms with Crippen molar-refractivity contribution in [1.29, 1.82) is 0 Å². The number of thioether (sulfide) groups is 1. The maximum atomic E-state index is 11.5. The number of carboxylic acids is 1. The molecule has 1 aliphatic carbocycles. The van der Waals surface area contributed by atoms with Crippen LogP contribution in [0.15, 0.2) is 20.3 Å². The monoisotopic (exact) mass is 384 g/mol. The number of rotatable bonds is 5. The lowest BCUT2D eigenvalue weighted by Gasteiger charge is -2.09. The van der Waals surface area contributed by atoms with Gasteiger partial charge < -0.3 is 5.11 Å². The fourth-order valence-electron chi connectivity index (χ4n) is 2.02. The van der Waals surface area contributed by atoms with E-state index in [2.05, 4.69) is 31.3 Å². The van der Waals surface area contributed by atoms with E-state index in [0.29, 0.717) is 22.4 Å². The zero-order valence-electron chi connectivity index (χ0n) is 11.3. The lowest BCUT2D eigenvalue weighted by atomic mass is 10.2. The molecule has 21 heavy (non-hydrogen) atoms. The quantitative estimate of drug-likeness (QED) is 0.608. The van der Waals surface area contributed by atoms with Crippen molar-refractivity contribution in [3.8, 4) is 0 Å². The van der Waals surface area contributed by atoms with Crippen molar-refractivity contribution in [3.05, 3.63) is 37.9 Å². The molecule has 0 aliphatic heterocycles. The van der Waals surface area contributed by atoms with Gasteiger partial charge in [0.2, 0.25) is 0 Å². The third kappa shape index (κ3) is 3.46. The maximum Gasteiger partial charge on any atom is 0.340 e. The van der Waals surface area contributed by atoms with E-state index in [1.165, 1.54) is 11.8 Å². The zero-order chi connectivity index (χ0) is 15.0. The van der Waals surface area contributed by atoms with Crippen LogP contribution in [0.5, 0.6) is 0 Å². The smallest absolute Gasteiger partial charge is 0.340 e. The fourth-order valence-corrected chi connectivity index (χ4v) is 4.34. The van der Waals surface area contributed by atoms with Crippen molar-refractivity contribution in [2.24, 2.45) is 0 Å². The number of aromatic carboxylic acids is 1. The van der Waals surface area contributed by atoms with Gasteiger partial charge in [-0.25, -0.2) is 14.8 Å². The first-order valence-electron chi connectivity index (χ1n) is 6.52. The van der Waals surface area contributed by atoms with E-state index in [-0.39, 0.29) is 5.56 Å². The second kappa shape index (κ2) is 6.06. The van der Waals surface area contributed by atoms with Crippen molar-refractivity contribution >= 4 is 45.0 Å². The predicted molar refractivity (Wildman–Crippen MR) is 87.3 cm³/mol. The van der Waals surface area contributed by atoms with Gasteiger partial charge in [0.15, 0.2) is 0 Å². The third-order valence-electron chi connectivity index (χ3n) is 3.23. The largest absolute Gasteiger partial charge is 0.478 e. The van der Waals surface area contributed by atoms with Gasteiger partial charge in [-0.05, 0) is 52.7 Å². The molecule has 1 aliphatic rings. The van der Waals surface area contributed by atoms with Crippen molar-refractivity contribution in [3.63, 3.8) is 0 Å². The standard InChI is InChI=1S/C14H13BrN2O2S2/c1-7-11(14(18)19)13(17-12(16-7)9-2-3-9)21-6-8-4-10(15)20-5-8/h4-5,9H,2-3,6H2,1H3,(H,18,19). The SMILES string of the molecule is Cc1nc(C2CC2)nc(SCc2csc(Br)c2)c1C(=O)O. The molecule has 110 valence electrons. The van der Waals surface area contributed by atoms with E-state index in [4.69, 9.17) is 0 Å². The van der Waals surface area contributed by atoms with Gasteiger partial charge in [0.05, 0.1) is 9.48 Å². The van der Waals surface area contributed by atoms with Crippen LogP contribution < -0.4 is 0 Å². The molecular formula is C14H13BrN2O2S2. The zero-order valence-corrected chi connectivity index (χ0v) is 14.5. The second-order valence-electron chi connectivity index (χ2n) is 4.97. The highest BCUT2D eigenvalue weighted by Crippen LogP contribution is 2.39. The van der Waals surface area contributed by atoms with Crippen molar-refractivity contribution < 1.29 is 9.90 Å². The lowest BCUT2D eigenvalue weighted by Crippen LogP contribution is -2.09. The van der Waals surface area contributed by atoms with Gasteiger partial charge in [-0.1, -0.05) is 0 Å². The van der Waals surface area contributed by atoms with Crippen LogP contribution in [0, 0.1) is 6.92 Å². The fraction of sp³-hybridized carbons (Fsp3) is 0.357. The van der Waals surface area contributed by atoms with Crippen LogP contribution in [0.1, 0.15) is 46.2 Å². The van der Waals surface area contributed by atoms with E-state index in [1.807, 2.05) is 6.07 Å². The Morgan fingerprint density at radius 3 is 2.86 bits per heavy atom. The minimum atomic E-state index is -0.955. The highest BCUT2D eigenvalue weighted by Gasteiger charge is 2.29.